The van der Waals surface area contributed by atoms with Gasteiger partial charge < -0.3 is 20.3 Å². The number of benzene rings is 3. The third-order valence-electron chi connectivity index (χ3n) is 4.69. The molecule has 162 valence electrons. The van der Waals surface area contributed by atoms with E-state index < -0.39 is 11.8 Å². The third-order valence-corrected chi connectivity index (χ3v) is 4.69. The first-order valence-corrected chi connectivity index (χ1v) is 10.1. The fourth-order valence-corrected chi connectivity index (χ4v) is 2.98. The molecule has 0 aliphatic carbocycles. The molecule has 0 aromatic heterocycles. The van der Waals surface area contributed by atoms with E-state index in [9.17, 15) is 9.59 Å². The molecule has 0 aliphatic rings. The minimum absolute atomic E-state index is 0.280. The molecule has 0 unspecified atom stereocenters. The molecule has 0 atom stereocenters. The highest BCUT2D eigenvalue weighted by molar-refractivity contribution is 6.39. The van der Waals surface area contributed by atoms with Crippen LogP contribution in [0, 0.1) is 11.3 Å². The largest absolute Gasteiger partial charge is 0.489 e. The van der Waals surface area contributed by atoms with Crippen LogP contribution < -0.4 is 20.3 Å². The molecule has 7 heteroatoms. The average Bonchev–Trinajstić information content (AvgIpc) is 2.83. The number of ether oxygens (including phenoxy) is 1. The summed E-state index contributed by atoms with van der Waals surface area (Å²) in [6, 6.07) is 25.8. The highest BCUT2D eigenvalue weighted by Crippen LogP contribution is 2.19. The number of nitrogens with one attached hydrogen (secondary N) is 2. The maximum absolute atomic E-state index is 12.2. The summed E-state index contributed by atoms with van der Waals surface area (Å²) < 4.78 is 5.74. The van der Waals surface area contributed by atoms with Crippen molar-refractivity contribution in [1.29, 1.82) is 5.26 Å². The van der Waals surface area contributed by atoms with Gasteiger partial charge in [0, 0.05) is 37.6 Å². The molecule has 3 aromatic rings. The van der Waals surface area contributed by atoms with E-state index in [4.69, 9.17) is 10.00 Å². The van der Waals surface area contributed by atoms with Crippen molar-refractivity contribution in [1.82, 2.24) is 5.32 Å². The van der Waals surface area contributed by atoms with Crippen LogP contribution in [-0.4, -0.2) is 32.0 Å². The minimum atomic E-state index is -0.744. The molecule has 7 nitrogen and oxygen atoms in total. The molecule has 0 saturated heterocycles. The van der Waals surface area contributed by atoms with Crippen LogP contribution in [0.15, 0.2) is 78.9 Å². The Morgan fingerprint density at radius 2 is 1.75 bits per heavy atom. The molecule has 0 fully saturated rings. The van der Waals surface area contributed by atoms with Crippen LogP contribution in [0.3, 0.4) is 0 Å². The summed E-state index contributed by atoms with van der Waals surface area (Å²) in [5.41, 5.74) is 2.91. The zero-order chi connectivity index (χ0) is 22.8. The van der Waals surface area contributed by atoms with Crippen LogP contribution in [0.4, 0.5) is 11.4 Å². The second kappa shape index (κ2) is 11.2. The normalized spacial score (nSPS) is 10.0. The SMILES string of the molecule is CN(CCNC(=O)C(=O)Nc1cccc(OCc2cccc(C#N)c2)c1)c1ccccc1. The van der Waals surface area contributed by atoms with Crippen LogP contribution in [0.5, 0.6) is 5.75 Å². The Kier molecular flexibility index (Phi) is 7.82. The number of hydrogen-bond acceptors (Lipinski definition) is 5. The molecule has 2 N–H and O–H groups in total. The first-order chi connectivity index (χ1) is 15.5. The summed E-state index contributed by atoms with van der Waals surface area (Å²) in [5, 5.41) is 14.2. The number of rotatable bonds is 8. The maximum Gasteiger partial charge on any atom is 0.313 e. The Bertz CT molecular complexity index is 1110. The van der Waals surface area contributed by atoms with Gasteiger partial charge in [-0.3, -0.25) is 9.59 Å². The number of nitriles is 1. The van der Waals surface area contributed by atoms with Crippen molar-refractivity contribution in [2.45, 2.75) is 6.61 Å². The monoisotopic (exact) mass is 428 g/mol. The Hall–Kier alpha value is -4.31. The van der Waals surface area contributed by atoms with Crippen LogP contribution in [0.1, 0.15) is 11.1 Å². The number of amides is 2. The Morgan fingerprint density at radius 1 is 0.969 bits per heavy atom. The molecule has 2 amide bonds. The molecule has 32 heavy (non-hydrogen) atoms. The zero-order valence-corrected chi connectivity index (χ0v) is 17.7. The molecule has 0 heterocycles. The van der Waals surface area contributed by atoms with Crippen molar-refractivity contribution in [3.05, 3.63) is 90.0 Å². The summed E-state index contributed by atoms with van der Waals surface area (Å²) in [7, 11) is 1.92. The Morgan fingerprint density at radius 3 is 2.53 bits per heavy atom. The zero-order valence-electron chi connectivity index (χ0n) is 17.7. The number of hydrogen-bond donors (Lipinski definition) is 2. The quantitative estimate of drug-likeness (QED) is 0.537. The number of likely N-dealkylation sites (N-methyl/N-ethyl adjacent to an activating group) is 1. The summed E-state index contributed by atoms with van der Waals surface area (Å²) in [6.07, 6.45) is 0. The van der Waals surface area contributed by atoms with Crippen LogP contribution in [0.2, 0.25) is 0 Å². The fourth-order valence-electron chi connectivity index (χ4n) is 2.98. The van der Waals surface area contributed by atoms with Gasteiger partial charge in [-0.2, -0.15) is 5.26 Å². The number of nitrogens with zero attached hydrogens (tertiary/aromatic N) is 2. The van der Waals surface area contributed by atoms with Gasteiger partial charge in [0.15, 0.2) is 0 Å². The summed E-state index contributed by atoms with van der Waals surface area (Å²) in [5.74, 6) is -0.910. The first kappa shape index (κ1) is 22.4. The number of para-hydroxylation sites is 1. The minimum Gasteiger partial charge on any atom is -0.489 e. The van der Waals surface area contributed by atoms with Crippen LogP contribution in [-0.2, 0) is 16.2 Å². The topological polar surface area (TPSA) is 94.5 Å². The lowest BCUT2D eigenvalue weighted by molar-refractivity contribution is -0.136. The average molecular weight is 428 g/mol. The van der Waals surface area contributed by atoms with E-state index in [1.807, 2.05) is 48.3 Å². The molecular formula is C25H24N4O3. The van der Waals surface area contributed by atoms with Gasteiger partial charge in [0.25, 0.3) is 0 Å². The molecule has 0 spiro atoms. The van der Waals surface area contributed by atoms with Gasteiger partial charge >= 0.3 is 11.8 Å². The van der Waals surface area contributed by atoms with E-state index in [-0.39, 0.29) is 6.61 Å². The number of carbonyl (C=O) groups excluding carboxylic acids is 2. The predicted octanol–water partition coefficient (Wildman–Crippen LogP) is 3.33. The van der Waals surface area contributed by atoms with E-state index in [1.54, 1.807) is 42.5 Å². The lowest BCUT2D eigenvalue weighted by Gasteiger charge is -2.19. The highest BCUT2D eigenvalue weighted by Gasteiger charge is 2.14. The Balaban J connectivity index is 1.47. The number of anilines is 2. The molecule has 0 radical (unpaired) electrons. The first-order valence-electron chi connectivity index (χ1n) is 10.1. The van der Waals surface area contributed by atoms with Gasteiger partial charge in [-0.15, -0.1) is 0 Å². The number of carbonyl (C=O) groups is 2. The van der Waals surface area contributed by atoms with Gasteiger partial charge in [-0.05, 0) is 42.0 Å². The van der Waals surface area contributed by atoms with Crippen molar-refractivity contribution < 1.29 is 14.3 Å². The summed E-state index contributed by atoms with van der Waals surface area (Å²) >= 11 is 0. The predicted molar refractivity (Wildman–Crippen MR) is 123 cm³/mol. The van der Waals surface area contributed by atoms with Gasteiger partial charge in [0.05, 0.1) is 11.6 Å². The molecular weight excluding hydrogens is 404 g/mol. The van der Waals surface area contributed by atoms with E-state index in [1.165, 1.54) is 0 Å². The van der Waals surface area contributed by atoms with Crippen molar-refractivity contribution in [3.8, 4) is 11.8 Å². The fraction of sp³-hybridized carbons (Fsp3) is 0.160. The van der Waals surface area contributed by atoms with E-state index in [2.05, 4.69) is 16.7 Å². The molecule has 0 bridgehead atoms. The molecule has 3 aromatic carbocycles. The van der Waals surface area contributed by atoms with Gasteiger partial charge in [-0.25, -0.2) is 0 Å². The van der Waals surface area contributed by atoms with Crippen LogP contribution >= 0.6 is 0 Å². The maximum atomic E-state index is 12.2. The van der Waals surface area contributed by atoms with Crippen molar-refractivity contribution in [2.75, 3.05) is 30.4 Å². The lowest BCUT2D eigenvalue weighted by atomic mass is 10.1. The van der Waals surface area contributed by atoms with Gasteiger partial charge in [0.2, 0.25) is 0 Å². The molecule has 0 saturated carbocycles. The van der Waals surface area contributed by atoms with E-state index in [0.29, 0.717) is 30.1 Å². The van der Waals surface area contributed by atoms with E-state index in [0.717, 1.165) is 11.3 Å². The summed E-state index contributed by atoms with van der Waals surface area (Å²) in [6.45, 7) is 1.18. The highest BCUT2D eigenvalue weighted by atomic mass is 16.5. The third kappa shape index (κ3) is 6.61. The Labute approximate surface area is 187 Å². The molecule has 3 rings (SSSR count). The van der Waals surface area contributed by atoms with Crippen molar-refractivity contribution in [3.63, 3.8) is 0 Å². The molecule has 0 aliphatic heterocycles. The van der Waals surface area contributed by atoms with E-state index >= 15 is 0 Å². The second-order valence-electron chi connectivity index (χ2n) is 7.10. The van der Waals surface area contributed by atoms with Crippen LogP contribution in [0.25, 0.3) is 0 Å². The standard InChI is InChI=1S/C25H24N4O3/c1-29(22-10-3-2-4-11-22)14-13-27-24(30)25(31)28-21-9-6-12-23(16-21)32-18-20-8-5-7-19(15-20)17-26/h2-12,15-16H,13-14,18H2,1H3,(H,27,30)(H,28,31). The lowest BCUT2D eigenvalue weighted by Crippen LogP contribution is -2.39. The smallest absolute Gasteiger partial charge is 0.313 e. The van der Waals surface area contributed by atoms with Gasteiger partial charge in [-0.1, -0.05) is 36.4 Å². The van der Waals surface area contributed by atoms with Gasteiger partial charge in [0.1, 0.15) is 12.4 Å². The summed E-state index contributed by atoms with van der Waals surface area (Å²) in [4.78, 5) is 26.3. The second-order valence-corrected chi connectivity index (χ2v) is 7.10. The van der Waals surface area contributed by atoms with Crippen molar-refractivity contribution >= 4 is 23.2 Å². The van der Waals surface area contributed by atoms with Crippen molar-refractivity contribution in [2.24, 2.45) is 0 Å².